The Labute approximate surface area is 131 Å². The molecule has 0 radical (unpaired) electrons. The summed E-state index contributed by atoms with van der Waals surface area (Å²) in [5, 5.41) is 3.19. The third kappa shape index (κ3) is 4.18. The largest absolute Gasteiger partial charge is 0.492 e. The van der Waals surface area contributed by atoms with Gasteiger partial charge in [0.05, 0.1) is 0 Å². The molecule has 5 nitrogen and oxygen atoms in total. The number of aromatic nitrogens is 2. The molecule has 0 atom stereocenters. The summed E-state index contributed by atoms with van der Waals surface area (Å²) in [5.41, 5.74) is 1.90. The lowest BCUT2D eigenvalue weighted by molar-refractivity contribution is 0.238. The highest BCUT2D eigenvalue weighted by molar-refractivity contribution is 5.54. The van der Waals surface area contributed by atoms with E-state index >= 15 is 0 Å². The average Bonchev–Trinajstić information content (AvgIpc) is 3.02. The predicted molar refractivity (Wildman–Crippen MR) is 87.7 cm³/mol. The van der Waals surface area contributed by atoms with Crippen LogP contribution in [-0.4, -0.2) is 41.1 Å². The smallest absolute Gasteiger partial charge is 0.227 e. The van der Waals surface area contributed by atoms with Crippen LogP contribution in [0.3, 0.4) is 0 Å². The Morgan fingerprint density at radius 3 is 2.64 bits per heavy atom. The minimum Gasteiger partial charge on any atom is -0.492 e. The molecule has 0 bridgehead atoms. The third-order valence-corrected chi connectivity index (χ3v) is 3.78. The molecule has 116 valence electrons. The Kier molecular flexibility index (Phi) is 4.85. The summed E-state index contributed by atoms with van der Waals surface area (Å²) in [6.45, 7) is 6.13. The molecule has 0 amide bonds. The molecule has 2 aromatic rings. The maximum atomic E-state index is 5.79. The standard InChI is InChI=1S/C17H22N4O/c1-14-8-9-18-17(19-14)20-15-4-6-16(7-5-15)22-13-12-21-10-2-3-11-21/h4-9H,2-3,10-13H2,1H3,(H,18,19,20). The first kappa shape index (κ1) is 14.8. The van der Waals surface area contributed by atoms with E-state index in [0.717, 1.165) is 30.3 Å². The summed E-state index contributed by atoms with van der Waals surface area (Å²) in [6, 6.07) is 9.79. The van der Waals surface area contributed by atoms with Crippen LogP contribution < -0.4 is 10.1 Å². The van der Waals surface area contributed by atoms with E-state index in [2.05, 4.69) is 20.2 Å². The number of benzene rings is 1. The topological polar surface area (TPSA) is 50.3 Å². The Morgan fingerprint density at radius 1 is 1.14 bits per heavy atom. The van der Waals surface area contributed by atoms with Gasteiger partial charge < -0.3 is 10.1 Å². The van der Waals surface area contributed by atoms with E-state index in [9.17, 15) is 0 Å². The molecule has 1 saturated heterocycles. The molecule has 1 fully saturated rings. The maximum absolute atomic E-state index is 5.79. The summed E-state index contributed by atoms with van der Waals surface area (Å²) in [7, 11) is 0. The molecular formula is C17H22N4O. The number of hydrogen-bond donors (Lipinski definition) is 1. The van der Waals surface area contributed by atoms with E-state index in [1.54, 1.807) is 6.20 Å². The Morgan fingerprint density at radius 2 is 1.91 bits per heavy atom. The molecule has 1 aromatic heterocycles. The summed E-state index contributed by atoms with van der Waals surface area (Å²) in [6.07, 6.45) is 4.39. The summed E-state index contributed by atoms with van der Waals surface area (Å²) < 4.78 is 5.79. The molecular weight excluding hydrogens is 276 g/mol. The van der Waals surface area contributed by atoms with Crippen molar-refractivity contribution in [2.45, 2.75) is 19.8 Å². The molecule has 0 spiro atoms. The zero-order valence-electron chi connectivity index (χ0n) is 13.0. The van der Waals surface area contributed by atoms with Crippen molar-refractivity contribution in [3.05, 3.63) is 42.2 Å². The lowest BCUT2D eigenvalue weighted by Gasteiger charge is -2.15. The van der Waals surface area contributed by atoms with Gasteiger partial charge in [0.1, 0.15) is 12.4 Å². The number of nitrogens with one attached hydrogen (secondary N) is 1. The highest BCUT2D eigenvalue weighted by Crippen LogP contribution is 2.18. The van der Waals surface area contributed by atoms with Crippen LogP contribution in [0, 0.1) is 6.92 Å². The molecule has 1 aliphatic heterocycles. The van der Waals surface area contributed by atoms with Gasteiger partial charge >= 0.3 is 0 Å². The fraction of sp³-hybridized carbons (Fsp3) is 0.412. The van der Waals surface area contributed by atoms with Crippen LogP contribution >= 0.6 is 0 Å². The quantitative estimate of drug-likeness (QED) is 0.888. The fourth-order valence-corrected chi connectivity index (χ4v) is 2.57. The Hall–Kier alpha value is -2.14. The van der Waals surface area contributed by atoms with Crippen LogP contribution in [0.15, 0.2) is 36.5 Å². The van der Waals surface area contributed by atoms with E-state index < -0.39 is 0 Å². The summed E-state index contributed by atoms with van der Waals surface area (Å²) in [4.78, 5) is 11.0. The van der Waals surface area contributed by atoms with E-state index in [1.165, 1.54) is 25.9 Å². The monoisotopic (exact) mass is 298 g/mol. The molecule has 1 N–H and O–H groups in total. The molecule has 2 heterocycles. The van der Waals surface area contributed by atoms with Crippen molar-refractivity contribution < 1.29 is 4.74 Å². The van der Waals surface area contributed by atoms with Crippen molar-refractivity contribution in [2.24, 2.45) is 0 Å². The molecule has 5 heteroatoms. The molecule has 0 unspecified atom stereocenters. The molecule has 1 aliphatic rings. The van der Waals surface area contributed by atoms with Gasteiger partial charge in [0.15, 0.2) is 0 Å². The molecule has 22 heavy (non-hydrogen) atoms. The van der Waals surface area contributed by atoms with Gasteiger partial charge in [-0.2, -0.15) is 0 Å². The van der Waals surface area contributed by atoms with Crippen LogP contribution in [-0.2, 0) is 0 Å². The summed E-state index contributed by atoms with van der Waals surface area (Å²) >= 11 is 0. The normalized spacial score (nSPS) is 15.0. The number of hydrogen-bond acceptors (Lipinski definition) is 5. The van der Waals surface area contributed by atoms with Crippen molar-refractivity contribution in [1.29, 1.82) is 0 Å². The molecule has 0 aliphatic carbocycles. The first-order valence-electron chi connectivity index (χ1n) is 7.81. The highest BCUT2D eigenvalue weighted by Gasteiger charge is 2.10. The first-order chi connectivity index (χ1) is 10.8. The highest BCUT2D eigenvalue weighted by atomic mass is 16.5. The van der Waals surface area contributed by atoms with Gasteiger partial charge in [-0.05, 0) is 63.2 Å². The number of ether oxygens (including phenoxy) is 1. The van der Waals surface area contributed by atoms with Gasteiger partial charge in [0, 0.05) is 24.1 Å². The minimum atomic E-state index is 0.614. The van der Waals surface area contributed by atoms with Crippen molar-refractivity contribution in [3.63, 3.8) is 0 Å². The molecule has 0 saturated carbocycles. The number of nitrogens with zero attached hydrogens (tertiary/aromatic N) is 3. The van der Waals surface area contributed by atoms with Crippen LogP contribution in [0.25, 0.3) is 0 Å². The second-order valence-corrected chi connectivity index (χ2v) is 5.57. The van der Waals surface area contributed by atoms with E-state index in [4.69, 9.17) is 4.74 Å². The third-order valence-electron chi connectivity index (χ3n) is 3.78. The van der Waals surface area contributed by atoms with Gasteiger partial charge in [-0.15, -0.1) is 0 Å². The number of aryl methyl sites for hydroxylation is 1. The van der Waals surface area contributed by atoms with E-state index in [0.29, 0.717) is 5.95 Å². The van der Waals surface area contributed by atoms with Crippen molar-refractivity contribution in [3.8, 4) is 5.75 Å². The second-order valence-electron chi connectivity index (χ2n) is 5.57. The lowest BCUT2D eigenvalue weighted by Crippen LogP contribution is -2.25. The number of likely N-dealkylation sites (tertiary alicyclic amines) is 1. The predicted octanol–water partition coefficient (Wildman–Crippen LogP) is 3.00. The number of anilines is 2. The van der Waals surface area contributed by atoms with Crippen molar-refractivity contribution in [1.82, 2.24) is 14.9 Å². The molecule has 3 rings (SSSR count). The van der Waals surface area contributed by atoms with E-state index in [1.807, 2.05) is 37.3 Å². The zero-order chi connectivity index (χ0) is 15.2. The van der Waals surface area contributed by atoms with Crippen LogP contribution in [0.4, 0.5) is 11.6 Å². The number of rotatable bonds is 6. The van der Waals surface area contributed by atoms with Gasteiger partial charge in [0.25, 0.3) is 0 Å². The average molecular weight is 298 g/mol. The van der Waals surface area contributed by atoms with Crippen molar-refractivity contribution >= 4 is 11.6 Å². The summed E-state index contributed by atoms with van der Waals surface area (Å²) in [5.74, 6) is 1.51. The lowest BCUT2D eigenvalue weighted by atomic mass is 10.3. The van der Waals surface area contributed by atoms with Crippen LogP contribution in [0.1, 0.15) is 18.5 Å². The SMILES string of the molecule is Cc1ccnc(Nc2ccc(OCCN3CCCC3)cc2)n1. The second kappa shape index (κ2) is 7.22. The first-order valence-corrected chi connectivity index (χ1v) is 7.81. The van der Waals surface area contributed by atoms with Gasteiger partial charge in [-0.3, -0.25) is 4.90 Å². The Balaban J connectivity index is 1.49. The zero-order valence-corrected chi connectivity index (χ0v) is 13.0. The van der Waals surface area contributed by atoms with Gasteiger partial charge in [-0.25, -0.2) is 9.97 Å². The van der Waals surface area contributed by atoms with Crippen LogP contribution in [0.2, 0.25) is 0 Å². The minimum absolute atomic E-state index is 0.614. The van der Waals surface area contributed by atoms with Gasteiger partial charge in [-0.1, -0.05) is 0 Å². The van der Waals surface area contributed by atoms with E-state index in [-0.39, 0.29) is 0 Å². The Bertz CT molecular complexity index is 594. The maximum Gasteiger partial charge on any atom is 0.227 e. The van der Waals surface area contributed by atoms with Crippen molar-refractivity contribution in [2.75, 3.05) is 31.6 Å². The fourth-order valence-electron chi connectivity index (χ4n) is 2.57. The van der Waals surface area contributed by atoms with Gasteiger partial charge in [0.2, 0.25) is 5.95 Å². The van der Waals surface area contributed by atoms with Crippen LogP contribution in [0.5, 0.6) is 5.75 Å². The molecule has 1 aromatic carbocycles.